The summed E-state index contributed by atoms with van der Waals surface area (Å²) in [6.45, 7) is 5.11. The predicted molar refractivity (Wildman–Crippen MR) is 126 cm³/mol. The smallest absolute Gasteiger partial charge is 0.0110 e. The first-order valence-electron chi connectivity index (χ1n) is 12.7. The zero-order valence-corrected chi connectivity index (χ0v) is 20.3. The van der Waals surface area contributed by atoms with Crippen LogP contribution in [-0.4, -0.2) is 3.92 Å². The minimum atomic E-state index is 0.985. The normalized spacial score (nSPS) is 49.7. The van der Waals surface area contributed by atoms with Gasteiger partial charge in [-0.15, -0.1) is 0 Å². The maximum Gasteiger partial charge on any atom is 0.0110 e. The van der Waals surface area contributed by atoms with Gasteiger partial charge in [0.1, 0.15) is 0 Å². The molecule has 0 nitrogen and oxygen atoms in total. The van der Waals surface area contributed by atoms with E-state index in [-0.39, 0.29) is 0 Å². The van der Waals surface area contributed by atoms with Crippen molar-refractivity contribution in [1.29, 1.82) is 0 Å². The Kier molecular flexibility index (Phi) is 7.53. The fraction of sp³-hybridized carbons (Fsp3) is 1.00. The summed E-state index contributed by atoms with van der Waals surface area (Å²) >= 11 is 2.69. The first-order valence-corrected chi connectivity index (χ1v) is 14.0. The Labute approximate surface area is 183 Å². The lowest BCUT2D eigenvalue weighted by Crippen LogP contribution is -2.35. The lowest BCUT2D eigenvalue weighted by atomic mass is 9.60. The molecule has 0 aliphatic heterocycles. The van der Waals surface area contributed by atoms with E-state index in [4.69, 9.17) is 0 Å². The van der Waals surface area contributed by atoms with Crippen LogP contribution in [0.15, 0.2) is 0 Å². The van der Waals surface area contributed by atoms with Gasteiger partial charge in [0.25, 0.3) is 0 Å². The average molecular weight is 485 g/mol. The van der Waals surface area contributed by atoms with Crippen molar-refractivity contribution < 1.29 is 0 Å². The molecule has 3 atom stereocenters. The Morgan fingerprint density at radius 1 is 0.481 bits per heavy atom. The minimum Gasteiger partial charge on any atom is -0.0826 e. The van der Waals surface area contributed by atoms with Crippen molar-refractivity contribution in [1.82, 2.24) is 0 Å². The molecule has 4 aliphatic carbocycles. The van der Waals surface area contributed by atoms with Crippen molar-refractivity contribution >= 4 is 22.6 Å². The summed E-state index contributed by atoms with van der Waals surface area (Å²) in [5.41, 5.74) is 0. The molecule has 1 heteroatoms. The molecule has 4 aliphatic rings. The highest BCUT2D eigenvalue weighted by atomic mass is 127. The van der Waals surface area contributed by atoms with E-state index in [1.54, 1.807) is 70.6 Å². The van der Waals surface area contributed by atoms with Crippen LogP contribution in [0.5, 0.6) is 0 Å². The van der Waals surface area contributed by atoms with Crippen LogP contribution in [0.2, 0.25) is 0 Å². The standard InChI is InChI=1S/C26H45I/c1-18-3-5-22(6-4-18)24-13-16-26(19(2)17-24)23-9-7-20(8-10-23)21-11-14-25(27)15-12-21/h18-26H,3-17H2,1-2H3. The van der Waals surface area contributed by atoms with Crippen molar-refractivity contribution in [2.45, 2.75) is 114 Å². The lowest BCUT2D eigenvalue weighted by molar-refractivity contribution is 0.0553. The first kappa shape index (κ1) is 21.0. The van der Waals surface area contributed by atoms with Crippen molar-refractivity contribution in [2.75, 3.05) is 0 Å². The first-order chi connectivity index (χ1) is 13.1. The summed E-state index contributed by atoms with van der Waals surface area (Å²) in [6, 6.07) is 0. The molecule has 4 rings (SSSR count). The second-order valence-corrected chi connectivity index (χ2v) is 13.2. The van der Waals surface area contributed by atoms with Crippen LogP contribution >= 0.6 is 22.6 Å². The van der Waals surface area contributed by atoms with Gasteiger partial charge in [0.05, 0.1) is 0 Å². The number of rotatable bonds is 3. The maximum absolute atomic E-state index is 2.69. The summed E-state index contributed by atoms with van der Waals surface area (Å²) in [4.78, 5) is 0. The Hall–Kier alpha value is 0.730. The van der Waals surface area contributed by atoms with E-state index in [1.165, 1.54) is 25.7 Å². The second kappa shape index (κ2) is 9.69. The molecule has 0 amide bonds. The zero-order chi connectivity index (χ0) is 18.8. The van der Waals surface area contributed by atoms with Crippen LogP contribution < -0.4 is 0 Å². The largest absolute Gasteiger partial charge is 0.0826 e. The summed E-state index contributed by atoms with van der Waals surface area (Å²) in [6.07, 6.45) is 23.3. The second-order valence-electron chi connectivity index (χ2n) is 11.4. The molecule has 0 aromatic heterocycles. The summed E-state index contributed by atoms with van der Waals surface area (Å²) in [7, 11) is 0. The monoisotopic (exact) mass is 484 g/mol. The molecule has 0 saturated heterocycles. The third-order valence-corrected chi connectivity index (χ3v) is 11.0. The van der Waals surface area contributed by atoms with Gasteiger partial charge in [-0.3, -0.25) is 0 Å². The van der Waals surface area contributed by atoms with Crippen molar-refractivity contribution in [3.05, 3.63) is 0 Å². The Morgan fingerprint density at radius 3 is 1.52 bits per heavy atom. The average Bonchev–Trinajstić information content (AvgIpc) is 2.69. The lowest BCUT2D eigenvalue weighted by Gasteiger charge is -2.45. The molecule has 0 aromatic carbocycles. The van der Waals surface area contributed by atoms with Gasteiger partial charge in [-0.1, -0.05) is 49.3 Å². The van der Waals surface area contributed by atoms with Crippen LogP contribution in [0.1, 0.15) is 110 Å². The quantitative estimate of drug-likeness (QED) is 0.278. The summed E-state index contributed by atoms with van der Waals surface area (Å²) in [5, 5.41) is 0. The molecule has 4 fully saturated rings. The molecule has 3 unspecified atom stereocenters. The molecule has 0 aromatic rings. The predicted octanol–water partition coefficient (Wildman–Crippen LogP) is 8.67. The highest BCUT2D eigenvalue weighted by Crippen LogP contribution is 2.49. The summed E-state index contributed by atoms with van der Waals surface area (Å²) < 4.78 is 0.985. The van der Waals surface area contributed by atoms with Gasteiger partial charge in [-0.05, 0) is 131 Å². The number of hydrogen-bond donors (Lipinski definition) is 0. The third kappa shape index (κ3) is 5.26. The minimum absolute atomic E-state index is 0.985. The van der Waals surface area contributed by atoms with E-state index >= 15 is 0 Å². The van der Waals surface area contributed by atoms with Crippen LogP contribution in [0.4, 0.5) is 0 Å². The van der Waals surface area contributed by atoms with Gasteiger partial charge in [0.2, 0.25) is 0 Å². The molecule has 156 valence electrons. The van der Waals surface area contributed by atoms with Gasteiger partial charge >= 0.3 is 0 Å². The van der Waals surface area contributed by atoms with Gasteiger partial charge in [-0.2, -0.15) is 0 Å². The van der Waals surface area contributed by atoms with Crippen molar-refractivity contribution in [3.8, 4) is 0 Å². The fourth-order valence-corrected chi connectivity index (χ4v) is 8.66. The molecule has 0 radical (unpaired) electrons. The van der Waals surface area contributed by atoms with Crippen LogP contribution in [0, 0.1) is 47.3 Å². The Balaban J connectivity index is 1.22. The molecule has 27 heavy (non-hydrogen) atoms. The summed E-state index contributed by atoms with van der Waals surface area (Å²) in [5.74, 6) is 8.56. The maximum atomic E-state index is 2.69. The molecule has 0 bridgehead atoms. The van der Waals surface area contributed by atoms with Crippen molar-refractivity contribution in [2.24, 2.45) is 47.3 Å². The molecule has 0 N–H and O–H groups in total. The highest BCUT2D eigenvalue weighted by molar-refractivity contribution is 14.1. The molecule has 0 spiro atoms. The van der Waals surface area contributed by atoms with E-state index in [2.05, 4.69) is 36.4 Å². The molecular formula is C26H45I. The number of alkyl halides is 1. The highest BCUT2D eigenvalue weighted by Gasteiger charge is 2.39. The SMILES string of the molecule is CC1CCC(C2CCC(C3CCC(C4CCC(I)CC4)CC3)C(C)C2)CC1. The van der Waals surface area contributed by atoms with Crippen LogP contribution in [0.25, 0.3) is 0 Å². The van der Waals surface area contributed by atoms with Gasteiger partial charge < -0.3 is 0 Å². The van der Waals surface area contributed by atoms with E-state index in [0.717, 1.165) is 51.3 Å². The fourth-order valence-electron chi connectivity index (χ4n) is 7.94. The molecule has 0 heterocycles. The van der Waals surface area contributed by atoms with Crippen LogP contribution in [0.3, 0.4) is 0 Å². The van der Waals surface area contributed by atoms with E-state index in [0.29, 0.717) is 0 Å². The third-order valence-electron chi connectivity index (χ3n) is 9.79. The van der Waals surface area contributed by atoms with Gasteiger partial charge in [-0.25, -0.2) is 0 Å². The van der Waals surface area contributed by atoms with E-state index < -0.39 is 0 Å². The molecule has 4 saturated carbocycles. The van der Waals surface area contributed by atoms with E-state index in [9.17, 15) is 0 Å². The molecular weight excluding hydrogens is 439 g/mol. The van der Waals surface area contributed by atoms with Gasteiger partial charge in [0, 0.05) is 3.92 Å². The van der Waals surface area contributed by atoms with E-state index in [1.807, 2.05) is 0 Å². The zero-order valence-electron chi connectivity index (χ0n) is 18.2. The van der Waals surface area contributed by atoms with Gasteiger partial charge in [0.15, 0.2) is 0 Å². The topological polar surface area (TPSA) is 0 Å². The Bertz CT molecular complexity index is 435. The number of halogens is 1. The van der Waals surface area contributed by atoms with Crippen molar-refractivity contribution in [3.63, 3.8) is 0 Å². The number of hydrogen-bond acceptors (Lipinski definition) is 0. The van der Waals surface area contributed by atoms with Crippen LogP contribution in [-0.2, 0) is 0 Å². The Morgan fingerprint density at radius 2 is 0.926 bits per heavy atom.